The first-order valence-electron chi connectivity index (χ1n) is 6.57. The Bertz CT molecular complexity index is 811. The summed E-state index contributed by atoms with van der Waals surface area (Å²) in [6, 6.07) is 7.22. The summed E-state index contributed by atoms with van der Waals surface area (Å²) >= 11 is 11.9. The highest BCUT2D eigenvalue weighted by Gasteiger charge is 2.10. The van der Waals surface area contributed by atoms with Crippen LogP contribution < -0.4 is 4.74 Å². The number of aromatic nitrogens is 2. The van der Waals surface area contributed by atoms with E-state index in [4.69, 9.17) is 27.9 Å². The number of fused-ring (bicyclic) bond motifs is 1. The first-order chi connectivity index (χ1) is 10.1. The molecule has 0 saturated carbocycles. The molecular weight excluding hydrogens is 307 g/mol. The highest BCUT2D eigenvalue weighted by atomic mass is 35.5. The van der Waals surface area contributed by atoms with Gasteiger partial charge < -0.3 is 9.72 Å². The molecule has 108 valence electrons. The van der Waals surface area contributed by atoms with E-state index < -0.39 is 0 Å². The summed E-state index contributed by atoms with van der Waals surface area (Å²) in [5.41, 5.74) is 4.28. The molecule has 2 heterocycles. The fraction of sp³-hybridized carbons (Fsp3) is 0.188. The second kappa shape index (κ2) is 5.58. The van der Waals surface area contributed by atoms with Gasteiger partial charge in [0.15, 0.2) is 0 Å². The second-order valence-electron chi connectivity index (χ2n) is 4.92. The second-order valence-corrected chi connectivity index (χ2v) is 5.73. The van der Waals surface area contributed by atoms with E-state index in [0.29, 0.717) is 22.4 Å². The van der Waals surface area contributed by atoms with Crippen LogP contribution in [0.2, 0.25) is 10.0 Å². The van der Waals surface area contributed by atoms with Crippen molar-refractivity contribution in [3.8, 4) is 5.75 Å². The molecular formula is C16H14Cl2N2O. The molecule has 0 saturated heterocycles. The van der Waals surface area contributed by atoms with Crippen LogP contribution in [-0.4, -0.2) is 9.97 Å². The van der Waals surface area contributed by atoms with Crippen LogP contribution in [0.4, 0.5) is 0 Å². The van der Waals surface area contributed by atoms with E-state index in [0.717, 1.165) is 16.9 Å². The fourth-order valence-corrected chi connectivity index (χ4v) is 2.56. The lowest BCUT2D eigenvalue weighted by molar-refractivity contribution is 0.303. The van der Waals surface area contributed by atoms with E-state index in [1.54, 1.807) is 24.4 Å². The van der Waals surface area contributed by atoms with E-state index in [-0.39, 0.29) is 0 Å². The van der Waals surface area contributed by atoms with Crippen LogP contribution in [0.5, 0.6) is 5.75 Å². The molecule has 0 aliphatic rings. The third kappa shape index (κ3) is 2.71. The quantitative estimate of drug-likeness (QED) is 0.732. The minimum Gasteiger partial charge on any atom is -0.487 e. The molecule has 0 fully saturated rings. The molecule has 0 aliphatic heterocycles. The first-order valence-corrected chi connectivity index (χ1v) is 7.32. The Morgan fingerprint density at radius 1 is 1.14 bits per heavy atom. The molecule has 0 amide bonds. The first kappa shape index (κ1) is 14.2. The molecule has 5 heteroatoms. The van der Waals surface area contributed by atoms with Crippen LogP contribution in [0.15, 0.2) is 30.5 Å². The molecule has 0 aliphatic carbocycles. The lowest BCUT2D eigenvalue weighted by Crippen LogP contribution is -1.99. The van der Waals surface area contributed by atoms with Crippen molar-refractivity contribution in [2.75, 3.05) is 0 Å². The zero-order valence-corrected chi connectivity index (χ0v) is 13.2. The summed E-state index contributed by atoms with van der Waals surface area (Å²) in [4.78, 5) is 7.76. The number of aryl methyl sites for hydroxylation is 2. The van der Waals surface area contributed by atoms with Crippen molar-refractivity contribution in [2.45, 2.75) is 20.5 Å². The Kier molecular flexibility index (Phi) is 3.79. The van der Waals surface area contributed by atoms with Gasteiger partial charge in [-0.25, -0.2) is 0 Å². The average Bonchev–Trinajstić information content (AvgIpc) is 2.76. The van der Waals surface area contributed by atoms with Crippen molar-refractivity contribution in [1.29, 1.82) is 0 Å². The lowest BCUT2D eigenvalue weighted by atomic mass is 10.2. The SMILES string of the molecule is Cc1[nH]c2c(COc3ccc(Cl)c(Cl)c3)nccc2c1C. The molecule has 3 nitrogen and oxygen atoms in total. The standard InChI is InChI=1S/C16H14Cl2N2O/c1-9-10(2)20-16-12(9)5-6-19-15(16)8-21-11-3-4-13(17)14(18)7-11/h3-7,20H,8H2,1-2H3. The Hall–Kier alpha value is -1.71. The lowest BCUT2D eigenvalue weighted by Gasteiger charge is -2.07. The van der Waals surface area contributed by atoms with Crippen LogP contribution in [0.1, 0.15) is 17.0 Å². The van der Waals surface area contributed by atoms with Gasteiger partial charge in [-0.2, -0.15) is 0 Å². The minimum atomic E-state index is 0.370. The largest absolute Gasteiger partial charge is 0.487 e. The molecule has 0 bridgehead atoms. The fourth-order valence-electron chi connectivity index (χ4n) is 2.27. The zero-order valence-electron chi connectivity index (χ0n) is 11.7. The van der Waals surface area contributed by atoms with Crippen LogP contribution in [0.3, 0.4) is 0 Å². The number of hydrogen-bond acceptors (Lipinski definition) is 2. The number of hydrogen-bond donors (Lipinski definition) is 1. The molecule has 1 aromatic carbocycles. The summed E-state index contributed by atoms with van der Waals surface area (Å²) in [6.07, 6.45) is 1.80. The van der Waals surface area contributed by atoms with Gasteiger partial charge in [0.2, 0.25) is 0 Å². The average molecular weight is 321 g/mol. The molecule has 3 aromatic rings. The van der Waals surface area contributed by atoms with Crippen molar-refractivity contribution in [1.82, 2.24) is 9.97 Å². The third-order valence-electron chi connectivity index (χ3n) is 3.58. The summed E-state index contributed by atoms with van der Waals surface area (Å²) in [5, 5.41) is 2.17. The van der Waals surface area contributed by atoms with Crippen LogP contribution in [-0.2, 0) is 6.61 Å². The Labute approximate surface area is 132 Å². The van der Waals surface area contributed by atoms with E-state index in [2.05, 4.69) is 23.8 Å². The number of benzene rings is 1. The van der Waals surface area contributed by atoms with Gasteiger partial charge in [0, 0.05) is 23.3 Å². The number of nitrogens with zero attached hydrogens (tertiary/aromatic N) is 1. The maximum Gasteiger partial charge on any atom is 0.132 e. The molecule has 0 spiro atoms. The normalized spacial score (nSPS) is 11.0. The topological polar surface area (TPSA) is 37.9 Å². The maximum absolute atomic E-state index is 5.98. The van der Waals surface area contributed by atoms with E-state index in [1.165, 1.54) is 10.9 Å². The van der Waals surface area contributed by atoms with Crippen LogP contribution in [0, 0.1) is 13.8 Å². The molecule has 3 rings (SSSR count). The summed E-state index contributed by atoms with van der Waals surface area (Å²) in [7, 11) is 0. The molecule has 0 unspecified atom stereocenters. The van der Waals surface area contributed by atoms with Crippen molar-refractivity contribution in [3.05, 3.63) is 57.5 Å². The van der Waals surface area contributed by atoms with Crippen molar-refractivity contribution < 1.29 is 4.74 Å². The Balaban J connectivity index is 1.88. The number of nitrogens with one attached hydrogen (secondary N) is 1. The number of ether oxygens (including phenoxy) is 1. The third-order valence-corrected chi connectivity index (χ3v) is 4.31. The van der Waals surface area contributed by atoms with Crippen molar-refractivity contribution >= 4 is 34.1 Å². The van der Waals surface area contributed by atoms with Gasteiger partial charge in [0.05, 0.1) is 15.6 Å². The number of aromatic amines is 1. The van der Waals surface area contributed by atoms with Gasteiger partial charge in [-0.05, 0) is 37.6 Å². The molecule has 0 radical (unpaired) electrons. The van der Waals surface area contributed by atoms with Crippen LogP contribution >= 0.6 is 23.2 Å². The van der Waals surface area contributed by atoms with Gasteiger partial charge in [-0.15, -0.1) is 0 Å². The molecule has 2 aromatic heterocycles. The molecule has 1 N–H and O–H groups in total. The summed E-state index contributed by atoms with van der Waals surface area (Å²) < 4.78 is 5.76. The summed E-state index contributed by atoms with van der Waals surface area (Å²) in [6.45, 7) is 4.52. The highest BCUT2D eigenvalue weighted by Crippen LogP contribution is 2.28. The van der Waals surface area contributed by atoms with Crippen LogP contribution in [0.25, 0.3) is 10.9 Å². The molecule has 0 atom stereocenters. The number of rotatable bonds is 3. The zero-order chi connectivity index (χ0) is 15.0. The van der Waals surface area contributed by atoms with Gasteiger partial charge in [-0.1, -0.05) is 23.2 Å². The summed E-state index contributed by atoms with van der Waals surface area (Å²) in [5.74, 6) is 0.670. The van der Waals surface area contributed by atoms with Crippen molar-refractivity contribution in [2.24, 2.45) is 0 Å². The predicted molar refractivity (Wildman–Crippen MR) is 86.4 cm³/mol. The Morgan fingerprint density at radius 3 is 2.71 bits per heavy atom. The maximum atomic E-state index is 5.98. The molecule has 21 heavy (non-hydrogen) atoms. The van der Waals surface area contributed by atoms with Crippen molar-refractivity contribution in [3.63, 3.8) is 0 Å². The van der Waals surface area contributed by atoms with Gasteiger partial charge in [0.25, 0.3) is 0 Å². The minimum absolute atomic E-state index is 0.370. The van der Waals surface area contributed by atoms with Gasteiger partial charge in [-0.3, -0.25) is 4.98 Å². The van der Waals surface area contributed by atoms with E-state index in [9.17, 15) is 0 Å². The van der Waals surface area contributed by atoms with Gasteiger partial charge >= 0.3 is 0 Å². The van der Waals surface area contributed by atoms with E-state index >= 15 is 0 Å². The smallest absolute Gasteiger partial charge is 0.132 e. The predicted octanol–water partition coefficient (Wildman–Crippen LogP) is 5.07. The monoisotopic (exact) mass is 320 g/mol. The highest BCUT2D eigenvalue weighted by molar-refractivity contribution is 6.42. The van der Waals surface area contributed by atoms with Gasteiger partial charge in [0.1, 0.15) is 18.1 Å². The Morgan fingerprint density at radius 2 is 1.95 bits per heavy atom. The van der Waals surface area contributed by atoms with E-state index in [1.807, 2.05) is 6.07 Å². The number of halogens is 2. The number of pyridine rings is 1. The number of H-pyrrole nitrogens is 1.